The van der Waals surface area contributed by atoms with E-state index in [1.165, 1.54) is 11.3 Å². The number of nitrogens with zero attached hydrogens (tertiary/aromatic N) is 4. The zero-order valence-corrected chi connectivity index (χ0v) is 17.8. The number of amides is 2. The van der Waals surface area contributed by atoms with Gasteiger partial charge in [-0.05, 0) is 31.7 Å². The topological polar surface area (TPSA) is 78.4 Å². The van der Waals surface area contributed by atoms with Crippen LogP contribution in [0.25, 0.3) is 10.2 Å². The zero-order chi connectivity index (χ0) is 20.1. The van der Waals surface area contributed by atoms with Gasteiger partial charge in [0.2, 0.25) is 5.91 Å². The number of aromatic nitrogens is 2. The van der Waals surface area contributed by atoms with Crippen molar-refractivity contribution in [2.45, 2.75) is 46.0 Å². The summed E-state index contributed by atoms with van der Waals surface area (Å²) in [5, 5.41) is 4.30. The summed E-state index contributed by atoms with van der Waals surface area (Å²) in [5.74, 6) is 1.07. The van der Waals surface area contributed by atoms with E-state index < -0.39 is 0 Å². The summed E-state index contributed by atoms with van der Waals surface area (Å²) >= 11 is 1.43. The van der Waals surface area contributed by atoms with Gasteiger partial charge in [-0.25, -0.2) is 9.97 Å². The monoisotopic (exact) mass is 403 g/mol. The van der Waals surface area contributed by atoms with Crippen LogP contribution in [0.2, 0.25) is 0 Å². The molecule has 1 fully saturated rings. The Morgan fingerprint density at radius 2 is 2.18 bits per heavy atom. The van der Waals surface area contributed by atoms with Crippen molar-refractivity contribution in [1.82, 2.24) is 19.8 Å². The number of thiophene rings is 1. The zero-order valence-electron chi connectivity index (χ0n) is 17.0. The first-order valence-electron chi connectivity index (χ1n) is 10.0. The molecule has 0 aliphatic carbocycles. The van der Waals surface area contributed by atoms with Crippen molar-refractivity contribution < 1.29 is 9.59 Å². The van der Waals surface area contributed by atoms with Gasteiger partial charge in [0, 0.05) is 39.6 Å². The summed E-state index contributed by atoms with van der Waals surface area (Å²) in [4.78, 5) is 38.6. The van der Waals surface area contributed by atoms with E-state index in [2.05, 4.69) is 22.2 Å². The van der Waals surface area contributed by atoms with Crippen molar-refractivity contribution in [2.24, 2.45) is 0 Å². The molecule has 3 rings (SSSR count). The lowest BCUT2D eigenvalue weighted by molar-refractivity contribution is -0.127. The minimum absolute atomic E-state index is 0.0486. The Hall–Kier alpha value is -2.22. The van der Waals surface area contributed by atoms with Crippen LogP contribution in [-0.2, 0) is 4.79 Å². The molecule has 2 aromatic rings. The summed E-state index contributed by atoms with van der Waals surface area (Å²) in [7, 11) is 1.85. The minimum atomic E-state index is 0.0486. The summed E-state index contributed by atoms with van der Waals surface area (Å²) < 4.78 is 0. The maximum Gasteiger partial charge on any atom is 0.264 e. The van der Waals surface area contributed by atoms with E-state index in [4.69, 9.17) is 0 Å². The smallest absolute Gasteiger partial charge is 0.264 e. The normalized spacial score (nSPS) is 14.1. The van der Waals surface area contributed by atoms with Crippen LogP contribution in [0, 0.1) is 6.92 Å². The Morgan fingerprint density at radius 1 is 1.36 bits per heavy atom. The molecule has 2 aromatic heterocycles. The fourth-order valence-corrected chi connectivity index (χ4v) is 4.64. The predicted molar refractivity (Wildman–Crippen MR) is 113 cm³/mol. The van der Waals surface area contributed by atoms with Crippen molar-refractivity contribution in [1.29, 1.82) is 0 Å². The van der Waals surface area contributed by atoms with Crippen molar-refractivity contribution in [3.63, 3.8) is 0 Å². The maximum absolute atomic E-state index is 12.8. The van der Waals surface area contributed by atoms with Crippen LogP contribution in [0.4, 0.5) is 5.82 Å². The Balaban J connectivity index is 1.69. The third-order valence-electron chi connectivity index (χ3n) is 5.18. The molecule has 3 heterocycles. The summed E-state index contributed by atoms with van der Waals surface area (Å²) in [6, 6.07) is 0. The van der Waals surface area contributed by atoms with Gasteiger partial charge in [-0.15, -0.1) is 11.3 Å². The van der Waals surface area contributed by atoms with Crippen LogP contribution >= 0.6 is 11.3 Å². The van der Waals surface area contributed by atoms with Crippen LogP contribution in [0.1, 0.15) is 54.3 Å². The molecular weight excluding hydrogens is 374 g/mol. The first kappa shape index (κ1) is 20.5. The first-order valence-corrected chi connectivity index (χ1v) is 10.9. The molecule has 0 saturated carbocycles. The highest BCUT2D eigenvalue weighted by Crippen LogP contribution is 2.33. The first-order chi connectivity index (χ1) is 13.5. The molecule has 2 amide bonds. The number of hydrogen-bond donors (Lipinski definition) is 1. The van der Waals surface area contributed by atoms with Gasteiger partial charge in [0.25, 0.3) is 5.91 Å². The van der Waals surface area contributed by atoms with Crippen molar-refractivity contribution in [3.8, 4) is 0 Å². The number of anilines is 1. The predicted octanol–water partition coefficient (Wildman–Crippen LogP) is 3.30. The van der Waals surface area contributed by atoms with Crippen LogP contribution in [0.3, 0.4) is 0 Å². The van der Waals surface area contributed by atoms with Gasteiger partial charge >= 0.3 is 0 Å². The molecule has 1 N–H and O–H groups in total. The number of likely N-dealkylation sites (tertiary alicyclic amines) is 1. The quantitative estimate of drug-likeness (QED) is 0.650. The average molecular weight is 404 g/mol. The number of nitrogens with one attached hydrogen (secondary N) is 1. The number of carbonyl (C=O) groups excluding carboxylic acids is 2. The molecule has 8 heteroatoms. The number of fused-ring (bicyclic) bond motifs is 1. The van der Waals surface area contributed by atoms with E-state index in [1.54, 1.807) is 11.2 Å². The van der Waals surface area contributed by atoms with Crippen molar-refractivity contribution in [2.75, 3.05) is 38.5 Å². The van der Waals surface area contributed by atoms with Crippen LogP contribution in [0.15, 0.2) is 6.33 Å². The molecule has 0 atom stereocenters. The second-order valence-electron chi connectivity index (χ2n) is 7.30. The molecular formula is C20H29N5O2S. The highest BCUT2D eigenvalue weighted by atomic mass is 32.1. The van der Waals surface area contributed by atoms with Gasteiger partial charge in [0.1, 0.15) is 17.0 Å². The molecule has 1 aliphatic heterocycles. The van der Waals surface area contributed by atoms with Gasteiger partial charge < -0.3 is 15.1 Å². The third kappa shape index (κ3) is 4.43. The molecule has 1 saturated heterocycles. The molecule has 1 aliphatic rings. The fourth-order valence-electron chi connectivity index (χ4n) is 3.50. The van der Waals surface area contributed by atoms with Crippen LogP contribution < -0.4 is 5.32 Å². The number of rotatable bonds is 9. The Bertz CT molecular complexity index is 850. The van der Waals surface area contributed by atoms with Gasteiger partial charge in [-0.2, -0.15) is 0 Å². The lowest BCUT2D eigenvalue weighted by Gasteiger charge is -2.16. The Kier molecular flexibility index (Phi) is 6.83. The van der Waals surface area contributed by atoms with Gasteiger partial charge in [0.15, 0.2) is 0 Å². The second kappa shape index (κ2) is 9.32. The summed E-state index contributed by atoms with van der Waals surface area (Å²) in [6.45, 7) is 7.22. The van der Waals surface area contributed by atoms with Gasteiger partial charge in [-0.3, -0.25) is 9.59 Å². The van der Waals surface area contributed by atoms with Crippen molar-refractivity contribution in [3.05, 3.63) is 16.8 Å². The van der Waals surface area contributed by atoms with Crippen LogP contribution in [-0.4, -0.2) is 64.8 Å². The summed E-state index contributed by atoms with van der Waals surface area (Å²) in [5.41, 5.74) is 0.936. The van der Waals surface area contributed by atoms with E-state index in [0.717, 1.165) is 78.3 Å². The second-order valence-corrected chi connectivity index (χ2v) is 8.30. The molecule has 0 aromatic carbocycles. The Morgan fingerprint density at radius 3 is 2.89 bits per heavy atom. The maximum atomic E-state index is 12.8. The molecule has 0 unspecified atom stereocenters. The highest BCUT2D eigenvalue weighted by Gasteiger charge is 2.22. The fraction of sp³-hybridized carbons (Fsp3) is 0.600. The average Bonchev–Trinajstić information content (AvgIpc) is 3.26. The Labute approximate surface area is 170 Å². The van der Waals surface area contributed by atoms with E-state index in [1.807, 2.05) is 18.9 Å². The van der Waals surface area contributed by atoms with E-state index in [0.29, 0.717) is 6.42 Å². The number of aryl methyl sites for hydroxylation is 1. The molecule has 152 valence electrons. The molecule has 7 nitrogen and oxygen atoms in total. The lowest BCUT2D eigenvalue weighted by atomic mass is 10.2. The number of hydrogen-bond acceptors (Lipinski definition) is 6. The molecule has 0 radical (unpaired) electrons. The van der Waals surface area contributed by atoms with E-state index in [-0.39, 0.29) is 11.8 Å². The molecule has 28 heavy (non-hydrogen) atoms. The lowest BCUT2D eigenvalue weighted by Crippen LogP contribution is -2.27. The van der Waals surface area contributed by atoms with Crippen molar-refractivity contribution >= 4 is 39.2 Å². The SMILES string of the molecule is CCCCN(C)C(=O)c1sc2ncnc(NCCCN3CCCC3=O)c2c1C. The van der Waals surface area contributed by atoms with E-state index in [9.17, 15) is 9.59 Å². The van der Waals surface area contributed by atoms with Crippen LogP contribution in [0.5, 0.6) is 0 Å². The largest absolute Gasteiger partial charge is 0.369 e. The summed E-state index contributed by atoms with van der Waals surface area (Å²) in [6.07, 6.45) is 6.11. The molecule has 0 bridgehead atoms. The van der Waals surface area contributed by atoms with E-state index >= 15 is 0 Å². The number of unbranched alkanes of at least 4 members (excludes halogenated alkanes) is 1. The minimum Gasteiger partial charge on any atom is -0.369 e. The highest BCUT2D eigenvalue weighted by molar-refractivity contribution is 7.20. The standard InChI is InChI=1S/C20H29N5O2S/c1-4-5-10-24(3)20(27)17-14(2)16-18(22-13-23-19(16)28-17)21-9-7-12-25-11-6-8-15(25)26/h13H,4-12H2,1-3H3,(H,21,22,23). The van der Waals surface area contributed by atoms with Gasteiger partial charge in [0.05, 0.1) is 10.3 Å². The third-order valence-corrected chi connectivity index (χ3v) is 6.37. The number of carbonyl (C=O) groups is 2. The molecule has 0 spiro atoms. The van der Waals surface area contributed by atoms with Gasteiger partial charge in [-0.1, -0.05) is 13.3 Å².